The number of rotatable bonds is 23. The van der Waals surface area contributed by atoms with E-state index in [2.05, 4.69) is 27.2 Å². The molecule has 2 saturated heterocycles. The largest absolute Gasteiger partial charge is 0.444 e. The smallest absolute Gasteiger partial charge is 0.410 e. The highest BCUT2D eigenvalue weighted by Gasteiger charge is 2.48. The van der Waals surface area contributed by atoms with Crippen molar-refractivity contribution in [3.63, 3.8) is 0 Å². The molecule has 5 N–H and O–H groups in total. The lowest BCUT2D eigenvalue weighted by Crippen LogP contribution is -2.59. The Bertz CT molecular complexity index is 1570. The van der Waals surface area contributed by atoms with Gasteiger partial charge in [0.25, 0.3) is 0 Å². The molecule has 17 heteroatoms. The number of likely N-dealkylation sites (N-methyl/N-ethyl adjacent to an activating group) is 1. The Morgan fingerprint density at radius 3 is 2.12 bits per heavy atom. The Balaban J connectivity index is 1.54. The molecule has 6 amide bonds. The summed E-state index contributed by atoms with van der Waals surface area (Å²) in [7, 11) is 1.46. The Labute approximate surface area is 347 Å². The Kier molecular flexibility index (Phi) is 20.6. The van der Waals surface area contributed by atoms with E-state index in [1.165, 1.54) is 16.8 Å². The van der Waals surface area contributed by atoms with Crippen LogP contribution in [0.4, 0.5) is 4.79 Å². The van der Waals surface area contributed by atoms with Gasteiger partial charge in [-0.3, -0.25) is 28.9 Å². The second-order valence-corrected chi connectivity index (χ2v) is 15.5. The molecule has 0 unspecified atom stereocenters. The van der Waals surface area contributed by atoms with Crippen molar-refractivity contribution >= 4 is 35.6 Å². The minimum Gasteiger partial charge on any atom is -0.444 e. The summed E-state index contributed by atoms with van der Waals surface area (Å²) in [5.41, 5.74) is -0.238. The van der Waals surface area contributed by atoms with E-state index in [0.717, 1.165) is 0 Å². The van der Waals surface area contributed by atoms with Crippen molar-refractivity contribution in [1.82, 2.24) is 31.1 Å². The molecule has 2 heterocycles. The predicted molar refractivity (Wildman–Crippen MR) is 217 cm³/mol. The maximum atomic E-state index is 14.3. The van der Waals surface area contributed by atoms with Crippen LogP contribution in [0, 0.1) is 18.3 Å². The number of aliphatic hydroxyl groups excluding tert-OH is 1. The molecule has 1 aromatic rings. The molecule has 0 bridgehead atoms. The summed E-state index contributed by atoms with van der Waals surface area (Å²) < 4.78 is 22.0. The quantitative estimate of drug-likeness (QED) is 0.0787. The van der Waals surface area contributed by atoms with Crippen LogP contribution in [0.5, 0.6) is 0 Å². The summed E-state index contributed by atoms with van der Waals surface area (Å²) >= 11 is 0. The van der Waals surface area contributed by atoms with Gasteiger partial charge in [-0.1, -0.05) is 37.3 Å². The van der Waals surface area contributed by atoms with Gasteiger partial charge in [-0.2, -0.15) is 0 Å². The number of carbonyl (C=O) groups is 6. The van der Waals surface area contributed by atoms with Crippen LogP contribution in [-0.4, -0.2) is 147 Å². The summed E-state index contributed by atoms with van der Waals surface area (Å²) in [5.74, 6) is -0.368. The van der Waals surface area contributed by atoms with Crippen LogP contribution in [-0.2, 0) is 42.9 Å². The summed E-state index contributed by atoms with van der Waals surface area (Å²) in [5, 5.41) is 21.5. The van der Waals surface area contributed by atoms with Crippen LogP contribution in [0.3, 0.4) is 0 Å². The molecule has 0 aliphatic carbocycles. The zero-order valence-corrected chi connectivity index (χ0v) is 35.2. The predicted octanol–water partition coefficient (Wildman–Crippen LogP) is 1.43. The number of aliphatic hydroxyl groups is 1. The highest BCUT2D eigenvalue weighted by molar-refractivity contribution is 5.96. The molecule has 2 fully saturated rings. The van der Waals surface area contributed by atoms with E-state index in [-0.39, 0.29) is 51.2 Å². The number of terminal acetylenes is 1. The molecule has 328 valence electrons. The topological polar surface area (TPSA) is 214 Å². The molecule has 0 radical (unpaired) electrons. The van der Waals surface area contributed by atoms with E-state index < -0.39 is 65.4 Å². The van der Waals surface area contributed by atoms with Crippen LogP contribution < -0.4 is 21.3 Å². The molecule has 17 nitrogen and oxygen atoms in total. The van der Waals surface area contributed by atoms with Gasteiger partial charge in [0.1, 0.15) is 29.8 Å². The summed E-state index contributed by atoms with van der Waals surface area (Å²) in [6.45, 7) is 8.92. The first-order valence-corrected chi connectivity index (χ1v) is 20.5. The fourth-order valence-corrected chi connectivity index (χ4v) is 7.03. The molecule has 2 aliphatic rings. The molecule has 3 rings (SSSR count). The van der Waals surface area contributed by atoms with Crippen molar-refractivity contribution in [2.24, 2.45) is 5.92 Å². The van der Waals surface area contributed by atoms with Gasteiger partial charge in [-0.25, -0.2) is 4.79 Å². The Morgan fingerprint density at radius 1 is 0.915 bits per heavy atom. The standard InChI is InChI=1S/C42H64N6O11/c1-7-9-15-34(50)43-20-22-56-24-26-58-27-25-57-23-21-44-39(53)35(29-13-11-10-12-14-29)45-38(52)33-19-18-31-17-16-30(28-49)36(40(54)48(31)33)46-37(51)32(8-2)47(6)41(55)59-42(3,4)5/h1,10-14,30-33,35-36,49H,8-9,15-28H2,2-6H3,(H,43,50)(H,44,53)(H,45,52)(H,46,51)/t30-,31+,32+,33+,35+,36+/m1/s1. The summed E-state index contributed by atoms with van der Waals surface area (Å²) in [6, 6.07) is 4.37. The van der Waals surface area contributed by atoms with Crippen molar-refractivity contribution in [2.75, 3.05) is 66.4 Å². The van der Waals surface area contributed by atoms with Gasteiger partial charge in [0, 0.05) is 51.5 Å². The third kappa shape index (κ3) is 15.7. The molecular weight excluding hydrogens is 764 g/mol. The average molecular weight is 829 g/mol. The van der Waals surface area contributed by atoms with Crippen molar-refractivity contribution in [3.8, 4) is 12.3 Å². The number of ether oxygens (including phenoxy) is 4. The number of benzene rings is 1. The van der Waals surface area contributed by atoms with Crippen LogP contribution in [0.15, 0.2) is 30.3 Å². The molecule has 59 heavy (non-hydrogen) atoms. The molecule has 0 saturated carbocycles. The van der Waals surface area contributed by atoms with Gasteiger partial charge >= 0.3 is 6.09 Å². The highest BCUT2D eigenvalue weighted by Crippen LogP contribution is 2.34. The highest BCUT2D eigenvalue weighted by atomic mass is 16.6. The zero-order valence-electron chi connectivity index (χ0n) is 35.2. The molecular formula is C42H64N6O11. The Morgan fingerprint density at radius 2 is 1.53 bits per heavy atom. The van der Waals surface area contributed by atoms with Crippen LogP contribution in [0.1, 0.15) is 84.2 Å². The van der Waals surface area contributed by atoms with E-state index in [4.69, 9.17) is 25.4 Å². The minimum absolute atomic E-state index is 0.115. The van der Waals surface area contributed by atoms with E-state index in [0.29, 0.717) is 70.6 Å². The summed E-state index contributed by atoms with van der Waals surface area (Å²) in [6.07, 6.45) is 7.20. The normalized spacial score (nSPS) is 19.9. The number of hydrogen-bond acceptors (Lipinski definition) is 11. The fraction of sp³-hybridized carbons (Fsp3) is 0.667. The second-order valence-electron chi connectivity index (χ2n) is 15.5. The lowest BCUT2D eigenvalue weighted by atomic mass is 9.93. The van der Waals surface area contributed by atoms with Crippen molar-refractivity contribution in [2.45, 2.75) is 108 Å². The molecule has 0 aromatic heterocycles. The lowest BCUT2D eigenvalue weighted by molar-refractivity contribution is -0.145. The van der Waals surface area contributed by atoms with E-state index >= 15 is 0 Å². The van der Waals surface area contributed by atoms with Crippen LogP contribution in [0.2, 0.25) is 0 Å². The van der Waals surface area contributed by atoms with Gasteiger partial charge in [0.05, 0.1) is 39.6 Å². The van der Waals surface area contributed by atoms with Gasteiger partial charge in [-0.15, -0.1) is 12.3 Å². The molecule has 6 atom stereocenters. The first kappa shape index (κ1) is 48.6. The number of carbonyl (C=O) groups excluding carboxylic acids is 6. The molecule has 0 spiro atoms. The van der Waals surface area contributed by atoms with Gasteiger partial charge < -0.3 is 50.2 Å². The maximum Gasteiger partial charge on any atom is 0.410 e. The third-order valence-electron chi connectivity index (χ3n) is 10.1. The fourth-order valence-electron chi connectivity index (χ4n) is 7.03. The van der Waals surface area contributed by atoms with E-state index in [1.54, 1.807) is 58.0 Å². The monoisotopic (exact) mass is 828 g/mol. The number of nitrogens with zero attached hydrogens (tertiary/aromatic N) is 2. The lowest BCUT2D eigenvalue weighted by Gasteiger charge is -2.34. The van der Waals surface area contributed by atoms with E-state index in [9.17, 15) is 33.9 Å². The number of nitrogens with one attached hydrogen (secondary N) is 4. The Hall–Kier alpha value is -4.76. The first-order valence-electron chi connectivity index (χ1n) is 20.5. The second kappa shape index (κ2) is 25.0. The number of hydrogen-bond donors (Lipinski definition) is 5. The van der Waals surface area contributed by atoms with Gasteiger partial charge in [0.2, 0.25) is 29.5 Å². The van der Waals surface area contributed by atoms with Crippen molar-refractivity contribution in [3.05, 3.63) is 35.9 Å². The molecule has 1 aromatic carbocycles. The third-order valence-corrected chi connectivity index (χ3v) is 10.1. The summed E-state index contributed by atoms with van der Waals surface area (Å²) in [4.78, 5) is 82.6. The van der Waals surface area contributed by atoms with Crippen LogP contribution in [0.25, 0.3) is 0 Å². The van der Waals surface area contributed by atoms with Gasteiger partial charge in [-0.05, 0) is 58.4 Å². The van der Waals surface area contributed by atoms with Gasteiger partial charge in [0.15, 0.2) is 0 Å². The average Bonchev–Trinajstić information content (AvgIpc) is 3.59. The minimum atomic E-state index is -1.14. The van der Waals surface area contributed by atoms with Crippen molar-refractivity contribution < 1.29 is 52.8 Å². The van der Waals surface area contributed by atoms with Crippen LogP contribution >= 0.6 is 0 Å². The first-order chi connectivity index (χ1) is 28.2. The SMILES string of the molecule is C#CCCC(=O)NCCOCCOCCOCCNC(=O)[C@@H](NC(=O)[C@@H]1CC[C@@H]2CC[C@H](CO)[C@H](NC(=O)[C@H](CC)N(C)C(=O)OC(C)(C)C)C(=O)N21)c1ccccc1. The number of amides is 6. The zero-order chi connectivity index (χ0) is 43.4. The molecule has 2 aliphatic heterocycles. The van der Waals surface area contributed by atoms with Crippen molar-refractivity contribution in [1.29, 1.82) is 0 Å². The number of fused-ring (bicyclic) bond motifs is 1. The van der Waals surface area contributed by atoms with E-state index in [1.807, 2.05) is 0 Å². The maximum absolute atomic E-state index is 14.3.